The topological polar surface area (TPSA) is 93.1 Å². The fourth-order valence-corrected chi connectivity index (χ4v) is 1.82. The van der Waals surface area contributed by atoms with Crippen molar-refractivity contribution >= 4 is 22.7 Å². The molecule has 0 aromatic heterocycles. The summed E-state index contributed by atoms with van der Waals surface area (Å²) in [6, 6.07) is 7.38. The number of hydrogen-bond acceptors (Lipinski definition) is 6. The van der Waals surface area contributed by atoms with Gasteiger partial charge in [0.15, 0.2) is 11.5 Å². The van der Waals surface area contributed by atoms with E-state index in [1.54, 1.807) is 12.1 Å². The van der Waals surface area contributed by atoms with Crippen LogP contribution in [0.25, 0.3) is 10.8 Å². The second-order valence-electron chi connectivity index (χ2n) is 4.63. The second kappa shape index (κ2) is 6.17. The van der Waals surface area contributed by atoms with Crippen LogP contribution in [0.3, 0.4) is 0 Å². The molecule has 0 heterocycles. The molecule has 6 nitrogen and oxygen atoms in total. The van der Waals surface area contributed by atoms with E-state index in [1.807, 2.05) is 0 Å². The van der Waals surface area contributed by atoms with Crippen LogP contribution in [-0.4, -0.2) is 28.9 Å². The lowest BCUT2D eigenvalue weighted by Gasteiger charge is -2.09. The van der Waals surface area contributed by atoms with Gasteiger partial charge in [0.2, 0.25) is 6.79 Å². The molecule has 22 heavy (non-hydrogen) atoms. The first-order valence-electron chi connectivity index (χ1n) is 6.34. The molecule has 0 radical (unpaired) electrons. The molecule has 2 N–H and O–H groups in total. The molecule has 2 aromatic rings. The summed E-state index contributed by atoms with van der Waals surface area (Å²) in [5.74, 6) is -2.01. The van der Waals surface area contributed by atoms with Gasteiger partial charge in [0, 0.05) is 11.0 Å². The highest BCUT2D eigenvalue weighted by molar-refractivity contribution is 6.05. The number of fused-ring (bicyclic) bond motifs is 1. The highest BCUT2D eigenvalue weighted by Gasteiger charge is 2.14. The van der Waals surface area contributed by atoms with Gasteiger partial charge in [-0.05, 0) is 30.5 Å². The van der Waals surface area contributed by atoms with Crippen LogP contribution in [-0.2, 0) is 14.3 Å². The third-order valence-electron chi connectivity index (χ3n) is 2.92. The average molecular weight is 302 g/mol. The lowest BCUT2D eigenvalue weighted by molar-refractivity contribution is -0.147. The van der Waals surface area contributed by atoms with Crippen molar-refractivity contribution in [1.29, 1.82) is 0 Å². The van der Waals surface area contributed by atoms with E-state index >= 15 is 0 Å². The van der Waals surface area contributed by atoms with Gasteiger partial charge in [0.25, 0.3) is 0 Å². The number of carbonyl (C=O) groups excluding carboxylic acids is 2. The molecule has 0 unspecified atom stereocenters. The standard InChI is InChI=1S/C16H14O6/c1-9(2)15(19)21-8-22-16(20)11-5-3-4-10-6-13(17)14(18)7-12(10)11/h3-7,17-18H,1,8H2,2H3. The van der Waals surface area contributed by atoms with Crippen LogP contribution in [0.4, 0.5) is 0 Å². The zero-order valence-electron chi connectivity index (χ0n) is 11.8. The van der Waals surface area contributed by atoms with Crippen LogP contribution in [0.1, 0.15) is 17.3 Å². The lowest BCUT2D eigenvalue weighted by Crippen LogP contribution is -2.13. The predicted molar refractivity (Wildman–Crippen MR) is 78.5 cm³/mol. The molecule has 0 atom stereocenters. The van der Waals surface area contributed by atoms with Gasteiger partial charge < -0.3 is 19.7 Å². The third-order valence-corrected chi connectivity index (χ3v) is 2.92. The Bertz CT molecular complexity index is 763. The van der Waals surface area contributed by atoms with Crippen molar-refractivity contribution in [3.63, 3.8) is 0 Å². The number of benzene rings is 2. The number of ether oxygens (including phenoxy) is 2. The van der Waals surface area contributed by atoms with Crippen LogP contribution >= 0.6 is 0 Å². The normalized spacial score (nSPS) is 10.2. The van der Waals surface area contributed by atoms with Gasteiger partial charge in [-0.1, -0.05) is 18.7 Å². The maximum Gasteiger partial charge on any atom is 0.341 e. The molecule has 0 saturated heterocycles. The van der Waals surface area contributed by atoms with Crippen molar-refractivity contribution in [2.24, 2.45) is 0 Å². The maximum atomic E-state index is 12.0. The van der Waals surface area contributed by atoms with Gasteiger partial charge in [-0.3, -0.25) is 0 Å². The van der Waals surface area contributed by atoms with Gasteiger partial charge >= 0.3 is 11.9 Å². The Morgan fingerprint density at radius 3 is 2.50 bits per heavy atom. The number of esters is 2. The fourth-order valence-electron chi connectivity index (χ4n) is 1.82. The molecule has 0 spiro atoms. The van der Waals surface area contributed by atoms with Crippen LogP contribution in [0.2, 0.25) is 0 Å². The molecular formula is C16H14O6. The van der Waals surface area contributed by atoms with Crippen molar-refractivity contribution in [2.45, 2.75) is 6.92 Å². The monoisotopic (exact) mass is 302 g/mol. The summed E-state index contributed by atoms with van der Waals surface area (Å²) >= 11 is 0. The van der Waals surface area contributed by atoms with Crippen LogP contribution in [0.15, 0.2) is 42.5 Å². The van der Waals surface area contributed by atoms with Crippen LogP contribution in [0.5, 0.6) is 11.5 Å². The minimum Gasteiger partial charge on any atom is -0.504 e. The number of phenolic OH excluding ortho intramolecular Hbond substituents is 2. The van der Waals surface area contributed by atoms with Gasteiger partial charge in [-0.25, -0.2) is 9.59 Å². The van der Waals surface area contributed by atoms with Gasteiger partial charge in [-0.15, -0.1) is 0 Å². The van der Waals surface area contributed by atoms with E-state index in [-0.39, 0.29) is 22.6 Å². The summed E-state index contributed by atoms with van der Waals surface area (Å²) in [5.41, 5.74) is 0.376. The van der Waals surface area contributed by atoms with Crippen molar-refractivity contribution in [1.82, 2.24) is 0 Å². The second-order valence-corrected chi connectivity index (χ2v) is 4.63. The molecule has 0 amide bonds. The first-order valence-corrected chi connectivity index (χ1v) is 6.34. The SMILES string of the molecule is C=C(C)C(=O)OCOC(=O)c1cccc2cc(O)c(O)cc12. The quantitative estimate of drug-likeness (QED) is 0.390. The summed E-state index contributed by atoms with van der Waals surface area (Å²) in [6.07, 6.45) is 0. The zero-order valence-corrected chi connectivity index (χ0v) is 11.8. The Morgan fingerprint density at radius 2 is 1.82 bits per heavy atom. The number of aromatic hydroxyl groups is 2. The van der Waals surface area contributed by atoms with Crippen LogP contribution in [0, 0.1) is 0 Å². The van der Waals surface area contributed by atoms with Crippen molar-refractivity contribution < 1.29 is 29.3 Å². The van der Waals surface area contributed by atoms with Gasteiger partial charge in [-0.2, -0.15) is 0 Å². The summed E-state index contributed by atoms with van der Waals surface area (Å²) < 4.78 is 9.54. The zero-order chi connectivity index (χ0) is 16.3. The Balaban J connectivity index is 2.20. The predicted octanol–water partition coefficient (Wildman–Crippen LogP) is 2.48. The largest absolute Gasteiger partial charge is 0.504 e. The molecule has 2 aromatic carbocycles. The van der Waals surface area contributed by atoms with E-state index in [0.717, 1.165) is 0 Å². The molecular weight excluding hydrogens is 288 g/mol. The Labute approximate surface area is 126 Å². The first kappa shape index (κ1) is 15.4. The van der Waals surface area contributed by atoms with Crippen LogP contribution < -0.4 is 0 Å². The smallest absolute Gasteiger partial charge is 0.341 e. The summed E-state index contributed by atoms with van der Waals surface area (Å²) in [7, 11) is 0. The summed E-state index contributed by atoms with van der Waals surface area (Å²) in [6.45, 7) is 4.34. The molecule has 0 bridgehead atoms. The van der Waals surface area contributed by atoms with E-state index in [2.05, 4.69) is 11.3 Å². The minimum atomic E-state index is -0.717. The van der Waals surface area contributed by atoms with Crippen molar-refractivity contribution in [2.75, 3.05) is 6.79 Å². The maximum absolute atomic E-state index is 12.0. The van der Waals surface area contributed by atoms with E-state index in [1.165, 1.54) is 25.1 Å². The highest BCUT2D eigenvalue weighted by Crippen LogP contribution is 2.32. The third kappa shape index (κ3) is 3.17. The van der Waals surface area contributed by atoms with Crippen molar-refractivity contribution in [3.05, 3.63) is 48.0 Å². The summed E-state index contributed by atoms with van der Waals surface area (Å²) in [4.78, 5) is 23.2. The highest BCUT2D eigenvalue weighted by atomic mass is 16.7. The number of phenols is 2. The Morgan fingerprint density at radius 1 is 1.14 bits per heavy atom. The number of rotatable bonds is 4. The molecule has 0 aliphatic heterocycles. The van der Waals surface area contributed by atoms with E-state index < -0.39 is 18.7 Å². The average Bonchev–Trinajstić information content (AvgIpc) is 2.47. The number of carbonyl (C=O) groups is 2. The van der Waals surface area contributed by atoms with E-state index in [9.17, 15) is 19.8 Å². The Kier molecular flexibility index (Phi) is 4.31. The van der Waals surface area contributed by atoms with E-state index in [0.29, 0.717) is 10.8 Å². The number of hydrogen-bond donors (Lipinski definition) is 2. The molecule has 0 aliphatic rings. The van der Waals surface area contributed by atoms with Crippen molar-refractivity contribution in [3.8, 4) is 11.5 Å². The molecule has 0 saturated carbocycles. The van der Waals surface area contributed by atoms with E-state index in [4.69, 9.17) is 4.74 Å². The summed E-state index contributed by atoms with van der Waals surface area (Å²) in [5, 5.41) is 20.0. The molecule has 0 fully saturated rings. The lowest BCUT2D eigenvalue weighted by atomic mass is 10.0. The minimum absolute atomic E-state index is 0.180. The molecule has 6 heteroatoms. The first-order chi connectivity index (χ1) is 10.4. The van der Waals surface area contributed by atoms with Gasteiger partial charge in [0.1, 0.15) is 0 Å². The fraction of sp³-hybridized carbons (Fsp3) is 0.125. The molecule has 2 rings (SSSR count). The molecule has 114 valence electrons. The Hall–Kier alpha value is -3.02. The molecule has 0 aliphatic carbocycles. The van der Waals surface area contributed by atoms with Gasteiger partial charge in [0.05, 0.1) is 5.56 Å².